The first-order chi connectivity index (χ1) is 10.9. The van der Waals surface area contributed by atoms with Crippen molar-refractivity contribution in [2.24, 2.45) is 0 Å². The maximum Gasteiger partial charge on any atom is 0.240 e. The topological polar surface area (TPSA) is 49.4 Å². The lowest BCUT2D eigenvalue weighted by Crippen LogP contribution is -2.46. The smallest absolute Gasteiger partial charge is 0.240 e. The molecular formula is C19H30N2O2S. The molecule has 24 heavy (non-hydrogen) atoms. The van der Waals surface area contributed by atoms with Crippen LogP contribution in [0.15, 0.2) is 29.2 Å². The Morgan fingerprint density at radius 3 is 2.04 bits per heavy atom. The molecule has 1 N–H and O–H groups in total. The third kappa shape index (κ3) is 7.39. The lowest BCUT2D eigenvalue weighted by molar-refractivity contribution is -0.133. The highest BCUT2D eigenvalue weighted by Gasteiger charge is 2.18. The number of amides is 2. The number of rotatable bonds is 5. The molecule has 0 spiro atoms. The van der Waals surface area contributed by atoms with Crippen molar-refractivity contribution in [1.82, 2.24) is 10.2 Å². The van der Waals surface area contributed by atoms with Crippen molar-refractivity contribution in [2.45, 2.75) is 57.4 Å². The van der Waals surface area contributed by atoms with E-state index in [0.717, 1.165) is 4.90 Å². The van der Waals surface area contributed by atoms with Crippen LogP contribution < -0.4 is 5.32 Å². The Hall–Kier alpha value is -1.49. The summed E-state index contributed by atoms with van der Waals surface area (Å²) in [5.41, 5.74) is 1.11. The Morgan fingerprint density at radius 2 is 1.58 bits per heavy atom. The number of nitrogens with zero attached hydrogens (tertiary/aromatic N) is 1. The average Bonchev–Trinajstić information content (AvgIpc) is 2.42. The summed E-state index contributed by atoms with van der Waals surface area (Å²) >= 11 is 1.49. The van der Waals surface area contributed by atoms with E-state index in [-0.39, 0.29) is 29.3 Å². The van der Waals surface area contributed by atoms with Gasteiger partial charge in [-0.05, 0) is 43.9 Å². The molecule has 2 amide bonds. The van der Waals surface area contributed by atoms with E-state index in [1.165, 1.54) is 22.2 Å². The molecule has 0 aliphatic rings. The van der Waals surface area contributed by atoms with Gasteiger partial charge >= 0.3 is 0 Å². The van der Waals surface area contributed by atoms with Crippen LogP contribution in [0.2, 0.25) is 0 Å². The minimum absolute atomic E-state index is 0.0519. The van der Waals surface area contributed by atoms with E-state index in [9.17, 15) is 9.59 Å². The van der Waals surface area contributed by atoms with Gasteiger partial charge in [-0.2, -0.15) is 0 Å². The highest BCUT2D eigenvalue weighted by atomic mass is 32.2. The Labute approximate surface area is 150 Å². The molecule has 0 unspecified atom stereocenters. The third-order valence-corrected chi connectivity index (χ3v) is 4.40. The van der Waals surface area contributed by atoms with Gasteiger partial charge in [0.15, 0.2) is 0 Å². The largest absolute Gasteiger partial charge is 0.350 e. The van der Waals surface area contributed by atoms with Crippen molar-refractivity contribution in [2.75, 3.05) is 19.3 Å². The zero-order valence-corrected chi connectivity index (χ0v) is 16.7. The second-order valence-electron chi connectivity index (χ2n) is 8.11. The summed E-state index contributed by atoms with van der Waals surface area (Å²) in [4.78, 5) is 26.6. The number of hydrogen-bond acceptors (Lipinski definition) is 3. The van der Waals surface area contributed by atoms with Crippen molar-refractivity contribution < 1.29 is 9.59 Å². The van der Waals surface area contributed by atoms with Crippen molar-refractivity contribution in [3.05, 3.63) is 29.8 Å². The zero-order chi connectivity index (χ0) is 18.5. The van der Waals surface area contributed by atoms with Crippen LogP contribution in [0.3, 0.4) is 0 Å². The van der Waals surface area contributed by atoms with Crippen LogP contribution in [-0.4, -0.2) is 41.6 Å². The van der Waals surface area contributed by atoms with Gasteiger partial charge in [-0.15, -0.1) is 11.8 Å². The van der Waals surface area contributed by atoms with Crippen LogP contribution in [0.1, 0.15) is 47.1 Å². The van der Waals surface area contributed by atoms with Gasteiger partial charge in [-0.3, -0.25) is 9.59 Å². The standard InChI is InChI=1S/C19H30N2O2S/c1-18(2,3)14-8-10-15(11-9-14)24-13-17(23)21(7)12-16(22)20-19(4,5)6/h8-11H,12-13H2,1-7H3,(H,20,22). The van der Waals surface area contributed by atoms with Crippen molar-refractivity contribution in [3.8, 4) is 0 Å². The zero-order valence-electron chi connectivity index (χ0n) is 15.9. The first-order valence-electron chi connectivity index (χ1n) is 8.17. The summed E-state index contributed by atoms with van der Waals surface area (Å²) < 4.78 is 0. The molecule has 5 heteroatoms. The van der Waals surface area contributed by atoms with Crippen LogP contribution in [0.25, 0.3) is 0 Å². The van der Waals surface area contributed by atoms with E-state index in [2.05, 4.69) is 38.2 Å². The molecule has 1 rings (SSSR count). The summed E-state index contributed by atoms with van der Waals surface area (Å²) in [6.45, 7) is 12.4. The molecule has 1 aromatic rings. The predicted molar refractivity (Wildman–Crippen MR) is 101 cm³/mol. The molecule has 0 atom stereocenters. The highest BCUT2D eigenvalue weighted by molar-refractivity contribution is 8.00. The molecule has 0 radical (unpaired) electrons. The molecule has 0 aliphatic carbocycles. The van der Waals surface area contributed by atoms with E-state index in [1.54, 1.807) is 7.05 Å². The van der Waals surface area contributed by atoms with Crippen LogP contribution in [0, 0.1) is 0 Å². The fraction of sp³-hybridized carbons (Fsp3) is 0.579. The molecule has 0 aliphatic heterocycles. The van der Waals surface area contributed by atoms with E-state index < -0.39 is 0 Å². The molecular weight excluding hydrogens is 320 g/mol. The molecule has 0 bridgehead atoms. The number of benzene rings is 1. The van der Waals surface area contributed by atoms with Gasteiger partial charge in [-0.1, -0.05) is 32.9 Å². The minimum atomic E-state index is -0.287. The number of carbonyl (C=O) groups is 2. The summed E-state index contributed by atoms with van der Waals surface area (Å²) in [5, 5.41) is 2.86. The fourth-order valence-electron chi connectivity index (χ4n) is 2.07. The van der Waals surface area contributed by atoms with Gasteiger partial charge in [0.2, 0.25) is 11.8 Å². The van der Waals surface area contributed by atoms with Crippen molar-refractivity contribution in [1.29, 1.82) is 0 Å². The van der Waals surface area contributed by atoms with Crippen molar-refractivity contribution >= 4 is 23.6 Å². The number of nitrogens with one attached hydrogen (secondary N) is 1. The maximum absolute atomic E-state index is 12.2. The first kappa shape index (κ1) is 20.6. The van der Waals surface area contributed by atoms with E-state index in [1.807, 2.05) is 32.9 Å². The lowest BCUT2D eigenvalue weighted by atomic mass is 9.87. The second-order valence-corrected chi connectivity index (χ2v) is 9.16. The molecule has 0 aromatic heterocycles. The molecule has 1 aromatic carbocycles. The van der Waals surface area contributed by atoms with Gasteiger partial charge in [-0.25, -0.2) is 0 Å². The minimum Gasteiger partial charge on any atom is -0.350 e. The summed E-state index contributed by atoms with van der Waals surface area (Å²) in [5.74, 6) is 0.135. The molecule has 4 nitrogen and oxygen atoms in total. The molecule has 0 saturated carbocycles. The number of hydrogen-bond donors (Lipinski definition) is 1. The maximum atomic E-state index is 12.2. The fourth-order valence-corrected chi connectivity index (χ4v) is 2.91. The monoisotopic (exact) mass is 350 g/mol. The Morgan fingerprint density at radius 1 is 1.04 bits per heavy atom. The summed E-state index contributed by atoms with van der Waals surface area (Å²) in [6, 6.07) is 8.30. The highest BCUT2D eigenvalue weighted by Crippen LogP contribution is 2.25. The third-order valence-electron chi connectivity index (χ3n) is 3.40. The van der Waals surface area contributed by atoms with Gasteiger partial charge in [0.1, 0.15) is 0 Å². The van der Waals surface area contributed by atoms with E-state index in [4.69, 9.17) is 0 Å². The SMILES string of the molecule is CN(CC(=O)NC(C)(C)C)C(=O)CSc1ccc(C(C)(C)C)cc1. The van der Waals surface area contributed by atoms with Crippen LogP contribution in [-0.2, 0) is 15.0 Å². The molecule has 0 fully saturated rings. The average molecular weight is 351 g/mol. The molecule has 0 heterocycles. The molecule has 0 saturated heterocycles. The summed E-state index contributed by atoms with van der Waals surface area (Å²) in [6.07, 6.45) is 0. The van der Waals surface area contributed by atoms with Crippen LogP contribution in [0.4, 0.5) is 0 Å². The Kier molecular flexibility index (Phi) is 6.90. The number of thioether (sulfide) groups is 1. The van der Waals surface area contributed by atoms with Crippen LogP contribution in [0.5, 0.6) is 0 Å². The second kappa shape index (κ2) is 8.06. The van der Waals surface area contributed by atoms with E-state index in [0.29, 0.717) is 5.75 Å². The summed E-state index contributed by atoms with van der Waals surface area (Å²) in [7, 11) is 1.66. The normalized spacial score (nSPS) is 12.0. The predicted octanol–water partition coefficient (Wildman–Crippen LogP) is 3.45. The number of carbonyl (C=O) groups excluding carboxylic acids is 2. The Balaban J connectivity index is 2.49. The lowest BCUT2D eigenvalue weighted by Gasteiger charge is -2.23. The van der Waals surface area contributed by atoms with Gasteiger partial charge in [0.05, 0.1) is 12.3 Å². The molecule has 134 valence electrons. The Bertz CT molecular complexity index is 569. The van der Waals surface area contributed by atoms with E-state index >= 15 is 0 Å². The first-order valence-corrected chi connectivity index (χ1v) is 9.15. The van der Waals surface area contributed by atoms with Gasteiger partial charge < -0.3 is 10.2 Å². The quantitative estimate of drug-likeness (QED) is 0.828. The van der Waals surface area contributed by atoms with Gasteiger partial charge in [0, 0.05) is 17.5 Å². The van der Waals surface area contributed by atoms with Crippen LogP contribution >= 0.6 is 11.8 Å². The van der Waals surface area contributed by atoms with Crippen molar-refractivity contribution in [3.63, 3.8) is 0 Å². The van der Waals surface area contributed by atoms with Gasteiger partial charge in [0.25, 0.3) is 0 Å². The number of likely N-dealkylation sites (N-methyl/N-ethyl adjacent to an activating group) is 1.